The van der Waals surface area contributed by atoms with Crippen molar-refractivity contribution in [1.29, 1.82) is 0 Å². The molecule has 2 aliphatic rings. The number of carbonyl (C=O) groups excluding carboxylic acids is 1. The highest BCUT2D eigenvalue weighted by atomic mass is 32.2. The van der Waals surface area contributed by atoms with E-state index in [2.05, 4.69) is 15.6 Å². The van der Waals surface area contributed by atoms with Crippen molar-refractivity contribution < 1.29 is 17.9 Å². The molecule has 1 aliphatic heterocycles. The molecule has 150 valence electrons. The van der Waals surface area contributed by atoms with Crippen LogP contribution in [0.2, 0.25) is 0 Å². The van der Waals surface area contributed by atoms with Gasteiger partial charge in [0.05, 0.1) is 13.2 Å². The van der Waals surface area contributed by atoms with Crippen LogP contribution >= 0.6 is 0 Å². The largest absolute Gasteiger partial charge is 0.379 e. The summed E-state index contributed by atoms with van der Waals surface area (Å²) in [6, 6.07) is 3.49. The van der Waals surface area contributed by atoms with E-state index < -0.39 is 10.0 Å². The first-order valence-corrected chi connectivity index (χ1v) is 11.1. The third-order valence-electron chi connectivity index (χ3n) is 4.97. The Hall–Kier alpha value is -1.71. The van der Waals surface area contributed by atoms with E-state index >= 15 is 0 Å². The Morgan fingerprint density at radius 1 is 1.19 bits per heavy atom. The number of sulfonamides is 1. The van der Waals surface area contributed by atoms with Gasteiger partial charge in [-0.1, -0.05) is 19.3 Å². The summed E-state index contributed by atoms with van der Waals surface area (Å²) in [6.07, 6.45) is 7.50. The third kappa shape index (κ3) is 5.63. The molecule has 0 unspecified atom stereocenters. The van der Waals surface area contributed by atoms with E-state index in [1.807, 2.05) is 0 Å². The number of nitrogens with zero attached hydrogens (tertiary/aromatic N) is 2. The number of hydrogen-bond donors (Lipinski definition) is 2. The fourth-order valence-electron chi connectivity index (χ4n) is 3.42. The van der Waals surface area contributed by atoms with Gasteiger partial charge in [-0.25, -0.2) is 13.4 Å². The second-order valence-corrected chi connectivity index (χ2v) is 8.91. The topological polar surface area (TPSA) is 101 Å². The highest BCUT2D eigenvalue weighted by Gasteiger charge is 2.26. The maximum Gasteiger partial charge on any atom is 0.244 e. The molecule has 2 fully saturated rings. The Balaban J connectivity index is 1.45. The molecule has 0 radical (unpaired) electrons. The van der Waals surface area contributed by atoms with Crippen LogP contribution in [-0.2, 0) is 19.6 Å². The number of carbonyl (C=O) groups is 1. The van der Waals surface area contributed by atoms with E-state index in [-0.39, 0.29) is 10.8 Å². The van der Waals surface area contributed by atoms with E-state index in [1.54, 1.807) is 12.1 Å². The van der Waals surface area contributed by atoms with Gasteiger partial charge in [0.15, 0.2) is 0 Å². The number of amides is 1. The molecule has 27 heavy (non-hydrogen) atoms. The summed E-state index contributed by atoms with van der Waals surface area (Å²) in [4.78, 5) is 16.3. The molecule has 2 N–H and O–H groups in total. The number of rotatable bonds is 7. The average Bonchev–Trinajstić information content (AvgIpc) is 2.70. The van der Waals surface area contributed by atoms with Crippen molar-refractivity contribution in [3.63, 3.8) is 0 Å². The quantitative estimate of drug-likeness (QED) is 0.722. The minimum Gasteiger partial charge on any atom is -0.379 e. The number of aromatic nitrogens is 1. The van der Waals surface area contributed by atoms with Gasteiger partial charge in [0.2, 0.25) is 15.9 Å². The van der Waals surface area contributed by atoms with Gasteiger partial charge in [-0.15, -0.1) is 0 Å². The molecule has 2 heterocycles. The minimum atomic E-state index is -3.53. The van der Waals surface area contributed by atoms with Crippen LogP contribution in [0.15, 0.2) is 23.2 Å². The molecule has 0 aromatic carbocycles. The van der Waals surface area contributed by atoms with Crippen LogP contribution in [0.3, 0.4) is 0 Å². The fourth-order valence-corrected chi connectivity index (χ4v) is 4.78. The monoisotopic (exact) mass is 396 g/mol. The normalized spacial score (nSPS) is 19.6. The van der Waals surface area contributed by atoms with Crippen molar-refractivity contribution in [2.75, 3.05) is 38.2 Å². The first kappa shape index (κ1) is 20.0. The highest BCUT2D eigenvalue weighted by Crippen LogP contribution is 2.18. The Morgan fingerprint density at radius 2 is 1.93 bits per heavy atom. The van der Waals surface area contributed by atoms with Gasteiger partial charge in [0.1, 0.15) is 10.7 Å². The number of hydrogen-bond acceptors (Lipinski definition) is 6. The predicted octanol–water partition coefficient (Wildman–Crippen LogP) is 1.35. The molecule has 3 rings (SSSR count). The fraction of sp³-hybridized carbons (Fsp3) is 0.667. The molecule has 9 heteroatoms. The molecule has 1 amide bonds. The Labute approximate surface area is 160 Å². The van der Waals surface area contributed by atoms with Gasteiger partial charge < -0.3 is 15.4 Å². The van der Waals surface area contributed by atoms with Gasteiger partial charge in [-0.2, -0.15) is 4.31 Å². The summed E-state index contributed by atoms with van der Waals surface area (Å²) in [6.45, 7) is 2.00. The Bertz CT molecular complexity index is 711. The van der Waals surface area contributed by atoms with Crippen LogP contribution in [0.4, 0.5) is 5.82 Å². The number of anilines is 1. The molecule has 1 aliphatic carbocycles. The smallest absolute Gasteiger partial charge is 0.244 e. The van der Waals surface area contributed by atoms with Gasteiger partial charge in [-0.3, -0.25) is 4.79 Å². The lowest BCUT2D eigenvalue weighted by Gasteiger charge is -2.25. The zero-order valence-corrected chi connectivity index (χ0v) is 16.3. The molecule has 0 bridgehead atoms. The van der Waals surface area contributed by atoms with Crippen LogP contribution in [0.5, 0.6) is 0 Å². The van der Waals surface area contributed by atoms with Crippen molar-refractivity contribution in [1.82, 2.24) is 14.6 Å². The maximum atomic E-state index is 12.5. The SMILES string of the molecule is O=C(CCNc1ccc(S(=O)(=O)N2CCOCC2)cn1)NC1CCCCC1. The van der Waals surface area contributed by atoms with Crippen molar-refractivity contribution in [2.24, 2.45) is 0 Å². The van der Waals surface area contributed by atoms with Crippen molar-refractivity contribution >= 4 is 21.7 Å². The summed E-state index contributed by atoms with van der Waals surface area (Å²) >= 11 is 0. The van der Waals surface area contributed by atoms with E-state index in [9.17, 15) is 13.2 Å². The molecular weight excluding hydrogens is 368 g/mol. The summed E-state index contributed by atoms with van der Waals surface area (Å²) in [7, 11) is -3.53. The van der Waals surface area contributed by atoms with Crippen LogP contribution in [0.1, 0.15) is 38.5 Å². The molecule has 1 aromatic rings. The lowest BCUT2D eigenvalue weighted by molar-refractivity contribution is -0.121. The van der Waals surface area contributed by atoms with Crippen molar-refractivity contribution in [3.05, 3.63) is 18.3 Å². The van der Waals surface area contributed by atoms with Gasteiger partial charge in [0.25, 0.3) is 0 Å². The number of morpholine rings is 1. The standard InChI is InChI=1S/C18H28N4O4S/c23-18(21-15-4-2-1-3-5-15)8-9-19-17-7-6-16(14-20-17)27(24,25)22-10-12-26-13-11-22/h6-7,14-15H,1-5,8-13H2,(H,19,20)(H,21,23). The first-order valence-electron chi connectivity index (χ1n) is 9.63. The average molecular weight is 397 g/mol. The third-order valence-corrected chi connectivity index (χ3v) is 6.85. The van der Waals surface area contributed by atoms with E-state index in [0.29, 0.717) is 51.1 Å². The van der Waals surface area contributed by atoms with Crippen LogP contribution in [-0.4, -0.2) is 62.5 Å². The lowest BCUT2D eigenvalue weighted by atomic mass is 9.95. The second-order valence-electron chi connectivity index (χ2n) is 6.97. The lowest BCUT2D eigenvalue weighted by Crippen LogP contribution is -2.40. The Morgan fingerprint density at radius 3 is 2.59 bits per heavy atom. The minimum absolute atomic E-state index is 0.0425. The molecule has 1 saturated heterocycles. The summed E-state index contributed by atoms with van der Waals surface area (Å²) in [5.74, 6) is 0.599. The summed E-state index contributed by atoms with van der Waals surface area (Å²) in [5, 5.41) is 6.15. The highest BCUT2D eigenvalue weighted by molar-refractivity contribution is 7.89. The number of nitrogens with one attached hydrogen (secondary N) is 2. The van der Waals surface area contributed by atoms with E-state index in [4.69, 9.17) is 4.74 Å². The predicted molar refractivity (Wildman–Crippen MR) is 102 cm³/mol. The summed E-state index contributed by atoms with van der Waals surface area (Å²) < 4.78 is 31.7. The van der Waals surface area contributed by atoms with Gasteiger partial charge in [-0.05, 0) is 25.0 Å². The molecule has 1 aromatic heterocycles. The summed E-state index contributed by atoms with van der Waals surface area (Å²) in [5.41, 5.74) is 0. The molecule has 1 saturated carbocycles. The zero-order chi connectivity index (χ0) is 19.1. The van der Waals surface area contributed by atoms with Gasteiger partial charge in [0, 0.05) is 38.3 Å². The Kier molecular flexibility index (Phi) is 7.03. The molecule has 0 spiro atoms. The van der Waals surface area contributed by atoms with Crippen LogP contribution in [0, 0.1) is 0 Å². The van der Waals surface area contributed by atoms with Crippen LogP contribution < -0.4 is 10.6 Å². The number of pyridine rings is 1. The molecule has 0 atom stereocenters. The van der Waals surface area contributed by atoms with Crippen molar-refractivity contribution in [2.45, 2.75) is 49.5 Å². The maximum absolute atomic E-state index is 12.5. The zero-order valence-electron chi connectivity index (χ0n) is 15.5. The van der Waals surface area contributed by atoms with E-state index in [1.165, 1.54) is 29.8 Å². The van der Waals surface area contributed by atoms with Crippen molar-refractivity contribution in [3.8, 4) is 0 Å². The molecule has 8 nitrogen and oxygen atoms in total. The second kappa shape index (κ2) is 9.48. The molecular formula is C18H28N4O4S. The number of ether oxygens (including phenoxy) is 1. The first-order chi connectivity index (χ1) is 13.1. The van der Waals surface area contributed by atoms with Crippen LogP contribution in [0.25, 0.3) is 0 Å². The van der Waals surface area contributed by atoms with Gasteiger partial charge >= 0.3 is 0 Å². The van der Waals surface area contributed by atoms with E-state index in [0.717, 1.165) is 12.8 Å².